The molecular formula is C11H12NO4+. The van der Waals surface area contributed by atoms with Crippen LogP contribution >= 0.6 is 0 Å². The van der Waals surface area contributed by atoms with Crippen LogP contribution < -0.4 is 0 Å². The third-order valence-corrected chi connectivity index (χ3v) is 2.46. The summed E-state index contributed by atoms with van der Waals surface area (Å²) >= 11 is 0. The molecule has 1 aliphatic rings. The lowest BCUT2D eigenvalue weighted by Gasteiger charge is -2.00. The number of rotatable bonds is 3. The summed E-state index contributed by atoms with van der Waals surface area (Å²) in [6.45, 7) is 0. The Bertz CT molecular complexity index is 451. The third-order valence-electron chi connectivity index (χ3n) is 2.46. The Hall–Kier alpha value is -1.91. The van der Waals surface area contributed by atoms with Crippen LogP contribution in [0.4, 0.5) is 5.69 Å². The lowest BCUT2D eigenvalue weighted by Crippen LogP contribution is -2.06. The van der Waals surface area contributed by atoms with Gasteiger partial charge in [-0.2, -0.15) is 0 Å². The zero-order chi connectivity index (χ0) is 11.7. The number of carbonyl (C=O) groups is 1. The number of aromatic hydroxyl groups is 1. The van der Waals surface area contributed by atoms with Gasteiger partial charge in [0.1, 0.15) is 5.75 Å². The first-order valence-electron chi connectivity index (χ1n) is 5.00. The highest BCUT2D eigenvalue weighted by molar-refractivity contribution is 5.90. The van der Waals surface area contributed by atoms with Gasteiger partial charge in [0.15, 0.2) is 0 Å². The first-order valence-corrected chi connectivity index (χ1v) is 5.00. The summed E-state index contributed by atoms with van der Waals surface area (Å²) in [5.41, 5.74) is 0.474. The maximum absolute atomic E-state index is 11.7. The molecule has 1 aromatic rings. The number of hydrogen-bond acceptors (Lipinski definition) is 4. The van der Waals surface area contributed by atoms with E-state index in [1.807, 2.05) is 0 Å². The van der Waals surface area contributed by atoms with Crippen LogP contribution in [0.3, 0.4) is 0 Å². The van der Waals surface area contributed by atoms with Crippen molar-refractivity contribution in [3.8, 4) is 5.75 Å². The number of nitroso groups, excluding NO2 is 1. The molecule has 5 nitrogen and oxygen atoms in total. The SMILES string of the molecule is COC(=O)c1cc(O)cc([N+](=O)C2CC2)c1. The second-order valence-corrected chi connectivity index (χ2v) is 3.79. The molecule has 0 heterocycles. The topological polar surface area (TPSA) is 66.6 Å². The molecule has 1 aromatic carbocycles. The molecule has 84 valence electrons. The Morgan fingerprint density at radius 2 is 2.12 bits per heavy atom. The summed E-state index contributed by atoms with van der Waals surface area (Å²) in [5, 5.41) is 9.42. The zero-order valence-electron chi connectivity index (χ0n) is 8.84. The summed E-state index contributed by atoms with van der Waals surface area (Å²) in [5.74, 6) is -0.680. The fourth-order valence-electron chi connectivity index (χ4n) is 1.48. The van der Waals surface area contributed by atoms with Gasteiger partial charge in [-0.25, -0.2) is 4.79 Å². The average molecular weight is 222 g/mol. The van der Waals surface area contributed by atoms with Gasteiger partial charge in [0.2, 0.25) is 6.04 Å². The predicted octanol–water partition coefficient (Wildman–Crippen LogP) is 1.75. The number of phenolic OH excluding ortho intramolecular Hbond substituents is 1. The van der Waals surface area contributed by atoms with E-state index < -0.39 is 5.97 Å². The fraction of sp³-hybridized carbons (Fsp3) is 0.364. The summed E-state index contributed by atoms with van der Waals surface area (Å²) < 4.78 is 5.36. The standard InChI is InChI=1S/C11H11NO4/c1-16-11(14)7-4-9(6-10(13)5-7)12(15)8-2-3-8/h4-6,8H,2-3H2,1H3/p+1. The molecule has 0 bridgehead atoms. The maximum atomic E-state index is 11.7. The Morgan fingerprint density at radius 3 is 2.69 bits per heavy atom. The molecule has 0 radical (unpaired) electrons. The molecule has 16 heavy (non-hydrogen) atoms. The van der Waals surface area contributed by atoms with Crippen molar-refractivity contribution in [1.82, 2.24) is 0 Å². The second-order valence-electron chi connectivity index (χ2n) is 3.79. The van der Waals surface area contributed by atoms with E-state index in [1.165, 1.54) is 25.3 Å². The van der Waals surface area contributed by atoms with Gasteiger partial charge in [0.05, 0.1) is 18.7 Å². The number of phenols is 1. The van der Waals surface area contributed by atoms with Crippen LogP contribution in [-0.4, -0.2) is 29.0 Å². The molecule has 0 aliphatic heterocycles. The number of benzene rings is 1. The van der Waals surface area contributed by atoms with E-state index in [2.05, 4.69) is 4.74 Å². The molecule has 1 saturated carbocycles. The number of carbonyl (C=O) groups excluding carboxylic acids is 1. The van der Waals surface area contributed by atoms with E-state index in [-0.39, 0.29) is 17.4 Å². The lowest BCUT2D eigenvalue weighted by molar-refractivity contribution is -0.478. The minimum absolute atomic E-state index is 0.0210. The van der Waals surface area contributed by atoms with Crippen LogP contribution in [0.15, 0.2) is 18.2 Å². The van der Waals surface area contributed by atoms with Crippen molar-refractivity contribution in [2.75, 3.05) is 7.11 Å². The summed E-state index contributed by atoms with van der Waals surface area (Å²) in [6, 6.07) is 4.03. The molecule has 1 aliphatic carbocycles. The van der Waals surface area contributed by atoms with Gasteiger partial charge in [-0.05, 0) is 6.07 Å². The van der Waals surface area contributed by atoms with Crippen molar-refractivity contribution in [3.05, 3.63) is 28.7 Å². The Morgan fingerprint density at radius 1 is 1.44 bits per heavy atom. The van der Waals surface area contributed by atoms with Gasteiger partial charge < -0.3 is 9.84 Å². The second kappa shape index (κ2) is 3.92. The van der Waals surface area contributed by atoms with Crippen molar-refractivity contribution in [2.24, 2.45) is 0 Å². The van der Waals surface area contributed by atoms with E-state index >= 15 is 0 Å². The fourth-order valence-corrected chi connectivity index (χ4v) is 1.48. The van der Waals surface area contributed by atoms with Crippen LogP contribution in [0, 0.1) is 4.91 Å². The quantitative estimate of drug-likeness (QED) is 0.625. The minimum atomic E-state index is -0.568. The van der Waals surface area contributed by atoms with Crippen LogP contribution in [0.1, 0.15) is 23.2 Å². The normalized spacial score (nSPS) is 14.6. The highest BCUT2D eigenvalue weighted by atomic mass is 16.5. The smallest absolute Gasteiger partial charge is 0.338 e. The highest BCUT2D eigenvalue weighted by Gasteiger charge is 2.39. The molecule has 2 rings (SSSR count). The van der Waals surface area contributed by atoms with Gasteiger partial charge >= 0.3 is 5.97 Å². The predicted molar refractivity (Wildman–Crippen MR) is 55.8 cm³/mol. The zero-order valence-corrected chi connectivity index (χ0v) is 8.84. The number of hydrogen-bond donors (Lipinski definition) is 1. The van der Waals surface area contributed by atoms with Crippen molar-refractivity contribution in [3.63, 3.8) is 0 Å². The number of methoxy groups -OCH3 is 1. The molecule has 0 aromatic heterocycles. The van der Waals surface area contributed by atoms with Crippen molar-refractivity contribution >= 4 is 11.7 Å². The van der Waals surface area contributed by atoms with Gasteiger partial charge in [-0.3, -0.25) is 0 Å². The van der Waals surface area contributed by atoms with Crippen LogP contribution in [0.25, 0.3) is 0 Å². The number of ether oxygens (including phenoxy) is 1. The summed E-state index contributed by atoms with van der Waals surface area (Å²) in [7, 11) is 1.25. The van der Waals surface area contributed by atoms with Crippen molar-refractivity contribution < 1.29 is 19.4 Å². The maximum Gasteiger partial charge on any atom is 0.338 e. The van der Waals surface area contributed by atoms with Crippen LogP contribution in [-0.2, 0) is 4.74 Å². The highest BCUT2D eigenvalue weighted by Crippen LogP contribution is 2.31. The molecule has 0 amide bonds. The molecule has 1 N–H and O–H groups in total. The largest absolute Gasteiger partial charge is 0.508 e. The van der Waals surface area contributed by atoms with E-state index in [1.54, 1.807) is 0 Å². The number of esters is 1. The third kappa shape index (κ3) is 2.03. The molecule has 1 fully saturated rings. The van der Waals surface area contributed by atoms with Gasteiger partial charge in [-0.1, -0.05) is 0 Å². The molecule has 5 heteroatoms. The lowest BCUT2D eigenvalue weighted by atomic mass is 10.2. The Kier molecular flexibility index (Phi) is 2.60. The van der Waals surface area contributed by atoms with Crippen molar-refractivity contribution in [1.29, 1.82) is 0 Å². The Labute approximate surface area is 92.2 Å². The van der Waals surface area contributed by atoms with Gasteiger partial charge in [0.25, 0.3) is 5.69 Å². The van der Waals surface area contributed by atoms with Gasteiger partial charge in [-0.15, -0.1) is 0 Å². The van der Waals surface area contributed by atoms with E-state index in [0.717, 1.165) is 17.6 Å². The molecule has 0 unspecified atom stereocenters. The van der Waals surface area contributed by atoms with Crippen molar-refractivity contribution in [2.45, 2.75) is 18.9 Å². The van der Waals surface area contributed by atoms with Gasteiger partial charge in [0, 0.05) is 28.6 Å². The summed E-state index contributed by atoms with van der Waals surface area (Å²) in [6.07, 6.45) is 1.71. The minimum Gasteiger partial charge on any atom is -0.508 e. The molecule has 0 saturated heterocycles. The summed E-state index contributed by atoms with van der Waals surface area (Å²) in [4.78, 5) is 22.9. The first-order chi connectivity index (χ1) is 7.61. The van der Waals surface area contributed by atoms with Crippen LogP contribution in [0.2, 0.25) is 0 Å². The molecule has 0 spiro atoms. The number of nitrogens with zero attached hydrogens (tertiary/aromatic N) is 1. The molecular weight excluding hydrogens is 210 g/mol. The van der Waals surface area contributed by atoms with E-state index in [4.69, 9.17) is 0 Å². The van der Waals surface area contributed by atoms with E-state index in [9.17, 15) is 14.8 Å². The molecule has 0 atom stereocenters. The monoisotopic (exact) mass is 222 g/mol. The first kappa shape index (κ1) is 10.6. The van der Waals surface area contributed by atoms with Crippen LogP contribution in [0.5, 0.6) is 5.75 Å². The van der Waals surface area contributed by atoms with E-state index in [0.29, 0.717) is 5.69 Å². The Balaban J connectivity index is 2.34. The average Bonchev–Trinajstić information content (AvgIpc) is 3.10.